The molecule has 18 heavy (non-hydrogen) atoms. The molecule has 0 fully saturated rings. The maximum absolute atomic E-state index is 11.9. The number of nitrogens with two attached hydrogens (primary N) is 1. The van der Waals surface area contributed by atoms with Gasteiger partial charge in [0, 0.05) is 28.0 Å². The summed E-state index contributed by atoms with van der Waals surface area (Å²) >= 11 is 5.82. The highest BCUT2D eigenvalue weighted by molar-refractivity contribution is 6.31. The third kappa shape index (κ3) is 2.93. The molecular formula is C13H11ClN2O2. The average Bonchev–Trinajstić information content (AvgIpc) is 2.27. The first-order chi connectivity index (χ1) is 8.54. The largest absolute Gasteiger partial charge is 0.508 e. The molecule has 0 saturated heterocycles. The number of nitrogen functional groups attached to an aromatic ring is 1. The Hall–Kier alpha value is -2.20. The van der Waals surface area contributed by atoms with Crippen molar-refractivity contribution in [3.8, 4) is 5.75 Å². The first kappa shape index (κ1) is 12.3. The summed E-state index contributed by atoms with van der Waals surface area (Å²) in [5, 5.41) is 12.3. The minimum Gasteiger partial charge on any atom is -0.508 e. The van der Waals surface area contributed by atoms with Crippen LogP contribution in [0.5, 0.6) is 5.75 Å². The molecule has 5 heteroatoms. The van der Waals surface area contributed by atoms with Crippen molar-refractivity contribution in [3.63, 3.8) is 0 Å². The molecule has 92 valence electrons. The fourth-order valence-electron chi connectivity index (χ4n) is 1.53. The molecule has 0 aliphatic rings. The number of nitrogens with one attached hydrogen (secondary N) is 1. The molecule has 0 heterocycles. The lowest BCUT2D eigenvalue weighted by Gasteiger charge is -2.06. The number of carbonyl (C=O) groups excluding carboxylic acids is 1. The zero-order valence-electron chi connectivity index (χ0n) is 9.35. The monoisotopic (exact) mass is 262 g/mol. The van der Waals surface area contributed by atoms with Crippen molar-refractivity contribution in [2.75, 3.05) is 11.1 Å². The van der Waals surface area contributed by atoms with Crippen LogP contribution in [0.15, 0.2) is 42.5 Å². The lowest BCUT2D eigenvalue weighted by Crippen LogP contribution is -2.12. The number of phenolic OH excluding ortho intramolecular Hbond substituents is 1. The van der Waals surface area contributed by atoms with Gasteiger partial charge in [-0.15, -0.1) is 0 Å². The van der Waals surface area contributed by atoms with Crippen molar-refractivity contribution in [1.29, 1.82) is 0 Å². The van der Waals surface area contributed by atoms with E-state index in [1.807, 2.05) is 0 Å². The lowest BCUT2D eigenvalue weighted by molar-refractivity contribution is 0.102. The van der Waals surface area contributed by atoms with Crippen LogP contribution >= 0.6 is 11.6 Å². The van der Waals surface area contributed by atoms with Crippen LogP contribution in [0.25, 0.3) is 0 Å². The van der Waals surface area contributed by atoms with E-state index < -0.39 is 0 Å². The van der Waals surface area contributed by atoms with Gasteiger partial charge in [-0.05, 0) is 30.3 Å². The van der Waals surface area contributed by atoms with Crippen LogP contribution in [0.3, 0.4) is 0 Å². The van der Waals surface area contributed by atoms with E-state index in [-0.39, 0.29) is 11.7 Å². The number of benzene rings is 2. The van der Waals surface area contributed by atoms with Gasteiger partial charge >= 0.3 is 0 Å². The van der Waals surface area contributed by atoms with E-state index in [2.05, 4.69) is 5.32 Å². The molecule has 2 rings (SSSR count). The summed E-state index contributed by atoms with van der Waals surface area (Å²) in [5.74, 6) is -0.256. The van der Waals surface area contributed by atoms with Crippen LogP contribution < -0.4 is 11.1 Å². The zero-order valence-corrected chi connectivity index (χ0v) is 10.1. The molecule has 0 atom stereocenters. The van der Waals surface area contributed by atoms with Crippen molar-refractivity contribution in [3.05, 3.63) is 53.1 Å². The Balaban J connectivity index is 2.22. The Morgan fingerprint density at radius 3 is 2.67 bits per heavy atom. The summed E-state index contributed by atoms with van der Waals surface area (Å²) in [4.78, 5) is 11.9. The van der Waals surface area contributed by atoms with E-state index in [0.717, 1.165) is 0 Å². The molecule has 0 unspecified atom stereocenters. The van der Waals surface area contributed by atoms with E-state index in [9.17, 15) is 9.90 Å². The molecule has 0 saturated carbocycles. The number of carbonyl (C=O) groups is 1. The van der Waals surface area contributed by atoms with E-state index >= 15 is 0 Å². The number of aromatic hydroxyl groups is 1. The maximum Gasteiger partial charge on any atom is 0.255 e. The second kappa shape index (κ2) is 4.98. The second-order valence-electron chi connectivity index (χ2n) is 3.78. The third-order valence-corrected chi connectivity index (χ3v) is 2.50. The number of anilines is 2. The molecular weight excluding hydrogens is 252 g/mol. The summed E-state index contributed by atoms with van der Waals surface area (Å²) in [6.07, 6.45) is 0. The number of phenols is 1. The fourth-order valence-corrected chi connectivity index (χ4v) is 1.77. The molecule has 0 aromatic heterocycles. The normalized spacial score (nSPS) is 10.1. The van der Waals surface area contributed by atoms with Crippen LogP contribution in [0.4, 0.5) is 11.4 Å². The van der Waals surface area contributed by atoms with Crippen LogP contribution in [-0.2, 0) is 0 Å². The van der Waals surface area contributed by atoms with Crippen LogP contribution in [-0.4, -0.2) is 11.0 Å². The van der Waals surface area contributed by atoms with E-state index in [1.165, 1.54) is 24.3 Å². The van der Waals surface area contributed by atoms with Crippen LogP contribution in [0, 0.1) is 0 Å². The van der Waals surface area contributed by atoms with Gasteiger partial charge in [-0.3, -0.25) is 4.79 Å². The predicted octanol–water partition coefficient (Wildman–Crippen LogP) is 2.88. The topological polar surface area (TPSA) is 75.4 Å². The van der Waals surface area contributed by atoms with Crippen LogP contribution in [0.2, 0.25) is 5.02 Å². The number of rotatable bonds is 2. The summed E-state index contributed by atoms with van der Waals surface area (Å²) in [7, 11) is 0. The number of halogens is 1. The molecule has 1 amide bonds. The van der Waals surface area contributed by atoms with E-state index in [0.29, 0.717) is 22.0 Å². The van der Waals surface area contributed by atoms with Gasteiger partial charge in [-0.2, -0.15) is 0 Å². The summed E-state index contributed by atoms with van der Waals surface area (Å²) in [6, 6.07) is 10.9. The van der Waals surface area contributed by atoms with Gasteiger partial charge in [-0.25, -0.2) is 0 Å². The van der Waals surface area contributed by atoms with Crippen molar-refractivity contribution >= 4 is 28.9 Å². The minimum atomic E-state index is -0.338. The average molecular weight is 263 g/mol. The lowest BCUT2D eigenvalue weighted by atomic mass is 10.2. The second-order valence-corrected chi connectivity index (χ2v) is 4.21. The molecule has 0 aliphatic heterocycles. The molecule has 4 N–H and O–H groups in total. The summed E-state index contributed by atoms with van der Waals surface area (Å²) < 4.78 is 0. The third-order valence-electron chi connectivity index (χ3n) is 2.29. The number of hydrogen-bond donors (Lipinski definition) is 3. The highest BCUT2D eigenvalue weighted by Gasteiger charge is 2.08. The Morgan fingerprint density at radius 1 is 1.22 bits per heavy atom. The van der Waals surface area contributed by atoms with Crippen molar-refractivity contribution in [2.45, 2.75) is 0 Å². The Labute approximate surface area is 109 Å². The maximum atomic E-state index is 11.9. The highest BCUT2D eigenvalue weighted by atomic mass is 35.5. The minimum absolute atomic E-state index is 0.0819. The van der Waals surface area contributed by atoms with Crippen LogP contribution in [0.1, 0.15) is 10.4 Å². The van der Waals surface area contributed by atoms with Crippen molar-refractivity contribution in [1.82, 2.24) is 0 Å². The Morgan fingerprint density at radius 2 is 2.00 bits per heavy atom. The molecule has 4 nitrogen and oxygen atoms in total. The molecule has 0 radical (unpaired) electrons. The molecule has 2 aromatic rings. The van der Waals surface area contributed by atoms with Crippen molar-refractivity contribution < 1.29 is 9.90 Å². The first-order valence-electron chi connectivity index (χ1n) is 5.21. The molecule has 0 aliphatic carbocycles. The predicted molar refractivity (Wildman–Crippen MR) is 71.9 cm³/mol. The fraction of sp³-hybridized carbons (Fsp3) is 0. The summed E-state index contributed by atoms with van der Waals surface area (Å²) in [5.41, 5.74) is 6.89. The Kier molecular flexibility index (Phi) is 3.39. The molecule has 2 aromatic carbocycles. The number of hydrogen-bond acceptors (Lipinski definition) is 3. The van der Waals surface area contributed by atoms with E-state index in [4.69, 9.17) is 17.3 Å². The molecule has 0 spiro atoms. The van der Waals surface area contributed by atoms with Gasteiger partial charge in [0.15, 0.2) is 0 Å². The Bertz CT molecular complexity index is 579. The van der Waals surface area contributed by atoms with E-state index in [1.54, 1.807) is 18.2 Å². The van der Waals surface area contributed by atoms with Gasteiger partial charge in [0.1, 0.15) is 5.75 Å². The summed E-state index contributed by atoms with van der Waals surface area (Å²) in [6.45, 7) is 0. The van der Waals surface area contributed by atoms with Gasteiger partial charge in [0.25, 0.3) is 5.91 Å². The smallest absolute Gasteiger partial charge is 0.255 e. The van der Waals surface area contributed by atoms with Gasteiger partial charge < -0.3 is 16.2 Å². The molecule has 0 bridgehead atoms. The zero-order chi connectivity index (χ0) is 13.1. The van der Waals surface area contributed by atoms with Gasteiger partial charge in [0.05, 0.1) is 0 Å². The standard InChI is InChI=1S/C13H11ClN2O2/c14-9-4-8(5-10(15)6-9)13(18)16-11-2-1-3-12(17)7-11/h1-7,17H,15H2,(H,16,18). The highest BCUT2D eigenvalue weighted by Crippen LogP contribution is 2.19. The SMILES string of the molecule is Nc1cc(Cl)cc(C(=O)Nc2cccc(O)c2)c1. The number of amides is 1. The van der Waals surface area contributed by atoms with Gasteiger partial charge in [0.2, 0.25) is 0 Å². The van der Waals surface area contributed by atoms with Crippen molar-refractivity contribution in [2.24, 2.45) is 0 Å². The first-order valence-corrected chi connectivity index (χ1v) is 5.59. The quantitative estimate of drug-likeness (QED) is 0.729. The van der Waals surface area contributed by atoms with Gasteiger partial charge in [-0.1, -0.05) is 17.7 Å².